The number of rotatable bonds is 22. The van der Waals surface area contributed by atoms with Crippen molar-refractivity contribution >= 4 is 66.2 Å². The Labute approximate surface area is 861 Å². The number of hydrogen-bond acceptors (Lipinski definition) is 23. The summed E-state index contributed by atoms with van der Waals surface area (Å²) in [6, 6.07) is 64.7. The van der Waals surface area contributed by atoms with E-state index in [0.29, 0.717) is 115 Å². The zero-order valence-corrected chi connectivity index (χ0v) is 80.6. The zero-order chi connectivity index (χ0) is 109. The number of halogens is 22. The highest BCUT2D eigenvalue weighted by molar-refractivity contribution is 14.1. The fourth-order valence-corrected chi connectivity index (χ4v) is 12.9. The molecule has 149 heavy (non-hydrogen) atoms. The van der Waals surface area contributed by atoms with Gasteiger partial charge in [-0.1, -0.05) is 0 Å². The van der Waals surface area contributed by atoms with Crippen molar-refractivity contribution in [1.82, 2.24) is 45.1 Å². The normalized spacial score (nSPS) is 12.4. The van der Waals surface area contributed by atoms with E-state index >= 15 is 17.6 Å². The molecule has 7 heterocycles. The maximum atomic E-state index is 15.6. The summed E-state index contributed by atoms with van der Waals surface area (Å²) in [5, 5.41) is 73.4. The third-order valence-electron chi connectivity index (χ3n) is 19.6. The number of nitriles is 5. The van der Waals surface area contributed by atoms with E-state index in [1.165, 1.54) is 129 Å². The number of esters is 1. The van der Waals surface area contributed by atoms with Crippen LogP contribution < -0.4 is 18.9 Å². The van der Waals surface area contributed by atoms with Crippen LogP contribution in [-0.2, 0) is 55.7 Å². The van der Waals surface area contributed by atoms with Crippen molar-refractivity contribution in [2.24, 2.45) is 0 Å². The van der Waals surface area contributed by atoms with Crippen LogP contribution in [0.15, 0.2) is 320 Å². The van der Waals surface area contributed by atoms with Crippen molar-refractivity contribution in [2.75, 3.05) is 13.2 Å². The predicted octanol–water partition coefficient (Wildman–Crippen LogP) is 25.7. The molecule has 1 saturated heterocycles. The number of nitrogens with zero attached hydrogens (tertiary/aromatic N) is 14. The number of tetrazole rings is 1. The van der Waals surface area contributed by atoms with E-state index in [1.54, 1.807) is 95.5 Å². The number of aliphatic hydroxyl groups is 1. The number of pyridine rings is 5. The number of benzene rings is 10. The van der Waals surface area contributed by atoms with Crippen LogP contribution in [0.25, 0.3) is 0 Å². The molecule has 10 aromatic carbocycles. The fraction of sp³-hybridized carbons (Fsp3) is 0.0971. The van der Waals surface area contributed by atoms with Crippen molar-refractivity contribution in [1.29, 1.82) is 26.3 Å². The molecule has 1 aliphatic rings. The lowest BCUT2D eigenvalue weighted by Gasteiger charge is -2.35. The second-order valence-electron chi connectivity index (χ2n) is 29.8. The van der Waals surface area contributed by atoms with Crippen LogP contribution in [0.2, 0.25) is 0 Å². The highest BCUT2D eigenvalue weighted by atomic mass is 127. The Kier molecular flexibility index (Phi) is 39.8. The van der Waals surface area contributed by atoms with Crippen LogP contribution >= 0.6 is 54.5 Å². The van der Waals surface area contributed by atoms with Crippen LogP contribution in [-0.4, -0.2) is 80.3 Å². The van der Waals surface area contributed by atoms with Gasteiger partial charge >= 0.3 is 29.7 Å². The average molecular weight is 2300 g/mol. The summed E-state index contributed by atoms with van der Waals surface area (Å²) < 4.78 is 294. The minimum atomic E-state index is -4.28. The molecule has 2 atom stereocenters. The standard InChI is InChI=1S/C22H14F4N6O2.C21H12F4N2O2.C20H10F4N2O2.C12H7BrN2O.C10H8F4O2.C7H4FN.C6H3F2I.C5H4BrNO/c23-15-3-7-18(19(24)9-15)22(25,26)21(33,12-32-13-29-30-31-32)20-8-6-17(11-28-20)34-16-4-1-14(10-27)2-5-16;22-14-3-7-17(18(23)9-14)21(24,25)20(12-28-20)19-8-6-16(11-27-19)29-15-4-1-13(10-26)2-5-15;21-13-3-7-16(17(22)9-13)20(23,24)19(27)18-8-6-15(11-26-18)28-14-4-1-12(10-25)2-5-14;13-12-6-5-11(8-15-12)16-10-3-1-9(7-14)2-4-10;1-2-16-9(15)10(13,14)7-4-3-6(11)5-8(7)12;8-7-3-1-6(5-9)2-4-7;7-4-1-2-6(9)5(8)3-4;6-5-2-1-4(8)3-7-5/h1-9,11,13,33H,12H2;1-9,11H,12H2;1-9,11H;1-6,8H;3-5H,2H2,1H3;1-4H;1-3H;1-3,8H. The van der Waals surface area contributed by atoms with Gasteiger partial charge in [0.1, 0.15) is 137 Å². The average Bonchev–Trinajstić information content (AvgIpc) is 1.55. The van der Waals surface area contributed by atoms with Gasteiger partial charge in [-0.05, 0) is 314 Å². The summed E-state index contributed by atoms with van der Waals surface area (Å²) in [5.74, 6) is -28.0. The predicted molar refractivity (Wildman–Crippen MR) is 505 cm³/mol. The third kappa shape index (κ3) is 31.2. The molecule has 2 N–H and O–H groups in total. The van der Waals surface area contributed by atoms with Crippen LogP contribution in [0.4, 0.5) is 83.4 Å². The topological polar surface area (TPSA) is 360 Å². The molecule has 2 unspecified atom stereocenters. The number of aromatic nitrogens is 9. The molecular formula is C103H62Br2F19IN14O10. The van der Waals surface area contributed by atoms with E-state index in [0.717, 1.165) is 56.9 Å². The van der Waals surface area contributed by atoms with Gasteiger partial charge < -0.3 is 38.6 Å². The summed E-state index contributed by atoms with van der Waals surface area (Å²) in [4.78, 5) is 42.3. The van der Waals surface area contributed by atoms with Crippen molar-refractivity contribution < 1.29 is 132 Å². The van der Waals surface area contributed by atoms with Crippen molar-refractivity contribution in [3.63, 3.8) is 0 Å². The molecule has 6 aromatic heterocycles. The van der Waals surface area contributed by atoms with E-state index in [4.69, 9.17) is 55.1 Å². The van der Waals surface area contributed by atoms with E-state index < -0.39 is 145 Å². The highest BCUT2D eigenvalue weighted by Crippen LogP contribution is 2.57. The lowest BCUT2D eigenvalue weighted by molar-refractivity contribution is -0.207. The fourth-order valence-electron chi connectivity index (χ4n) is 12.1. The zero-order valence-electron chi connectivity index (χ0n) is 75.3. The molecule has 46 heteroatoms. The summed E-state index contributed by atoms with van der Waals surface area (Å²) >= 11 is 8.17. The Hall–Kier alpha value is -17.1. The molecule has 0 aliphatic carbocycles. The van der Waals surface area contributed by atoms with Gasteiger partial charge in [-0.15, -0.1) is 5.10 Å². The number of ketones is 1. The maximum Gasteiger partial charge on any atom is 0.382 e. The van der Waals surface area contributed by atoms with Gasteiger partial charge in [0, 0.05) is 33.9 Å². The number of ether oxygens (including phenoxy) is 6. The quantitative estimate of drug-likeness (QED) is 0.0121. The second kappa shape index (κ2) is 52.1. The van der Waals surface area contributed by atoms with Gasteiger partial charge in [-0.2, -0.15) is 61.4 Å². The van der Waals surface area contributed by atoms with Gasteiger partial charge in [0.05, 0.1) is 143 Å². The Balaban J connectivity index is 0.000000182. The minimum absolute atomic E-state index is 0.0987. The molecule has 0 amide bonds. The summed E-state index contributed by atoms with van der Waals surface area (Å²) in [5.41, 5.74) is -8.72. The molecule has 0 bridgehead atoms. The molecule has 0 spiro atoms. The Morgan fingerprint density at radius 1 is 0.416 bits per heavy atom. The first kappa shape index (κ1) is 114. The van der Waals surface area contributed by atoms with Crippen LogP contribution in [0.3, 0.4) is 0 Å². The maximum absolute atomic E-state index is 15.6. The minimum Gasteiger partial charge on any atom is -0.506 e. The first-order valence-corrected chi connectivity index (χ1v) is 44.5. The summed E-state index contributed by atoms with van der Waals surface area (Å²) in [6.45, 7) is -0.168. The first-order valence-electron chi connectivity index (χ1n) is 41.8. The number of Topliss-reactive ketones (excluding diaryl/α,β-unsaturated/α-hetero) is 1. The van der Waals surface area contributed by atoms with Gasteiger partial charge in [-0.25, -0.2) is 72.7 Å². The van der Waals surface area contributed by atoms with E-state index in [2.05, 4.69) is 83.1 Å². The molecule has 1 fully saturated rings. The Morgan fingerprint density at radius 3 is 1.09 bits per heavy atom. The van der Waals surface area contributed by atoms with E-state index in [9.17, 15) is 80.6 Å². The molecule has 0 radical (unpaired) electrons. The molecule has 17 rings (SSSR count). The van der Waals surface area contributed by atoms with Gasteiger partial charge in [0.25, 0.3) is 5.78 Å². The van der Waals surface area contributed by atoms with Crippen molar-refractivity contribution in [3.05, 3.63) is 454 Å². The molecule has 24 nitrogen and oxygen atoms in total. The van der Waals surface area contributed by atoms with Gasteiger partial charge in [-0.3, -0.25) is 14.8 Å². The SMILES string of the molecule is CCOC(=O)C(F)(F)c1ccc(F)cc1F.Fc1ccc(I)c(F)c1.N#Cc1ccc(F)cc1.N#Cc1ccc(Oc2ccc(Br)nc2)cc1.N#Cc1ccc(Oc2ccc(C(=O)C(F)(F)c3ccc(F)cc3F)nc2)cc1.N#Cc1ccc(Oc2ccc(C(O)(Cn3cnnn3)C(F)(F)c3ccc(F)cc3F)nc2)cc1.N#Cc1ccc(Oc2ccc(C3(C(F)(F)c4ccc(F)cc4F)CO3)nc2)cc1.Oc1ccc(Br)nc1. The van der Waals surface area contributed by atoms with Crippen LogP contribution in [0.5, 0.6) is 51.7 Å². The summed E-state index contributed by atoms with van der Waals surface area (Å²) in [7, 11) is 0. The molecule has 758 valence electrons. The monoisotopic (exact) mass is 2300 g/mol. The lowest BCUT2D eigenvalue weighted by Crippen LogP contribution is -2.48. The van der Waals surface area contributed by atoms with Gasteiger partial charge in [0.2, 0.25) is 5.60 Å². The smallest absolute Gasteiger partial charge is 0.382 e. The third-order valence-corrected chi connectivity index (χ3v) is 21.4. The number of epoxide rings is 1. The van der Waals surface area contributed by atoms with Crippen molar-refractivity contribution in [2.45, 2.75) is 48.4 Å². The largest absolute Gasteiger partial charge is 0.506 e. The molecule has 16 aromatic rings. The molecule has 0 saturated carbocycles. The van der Waals surface area contributed by atoms with Gasteiger partial charge in [0.15, 0.2) is 5.60 Å². The number of alkyl halides is 8. The van der Waals surface area contributed by atoms with Crippen LogP contribution in [0, 0.1) is 124 Å². The number of hydrogen-bond donors (Lipinski definition) is 2. The van der Waals surface area contributed by atoms with E-state index in [1.807, 2.05) is 30.3 Å². The van der Waals surface area contributed by atoms with E-state index in [-0.39, 0.29) is 59.9 Å². The Morgan fingerprint density at radius 2 is 0.765 bits per heavy atom. The number of aromatic hydroxyl groups is 1. The lowest BCUT2D eigenvalue weighted by atomic mass is 9.86. The number of carbonyl (C=O) groups is 2. The Bertz CT molecular complexity index is 7490. The molecular weight excluding hydrogens is 2240 g/mol. The highest BCUT2D eigenvalue weighted by Gasteiger charge is 2.68. The summed E-state index contributed by atoms with van der Waals surface area (Å²) in [6.07, 6.45) is 7.39. The van der Waals surface area contributed by atoms with Crippen LogP contribution in [0.1, 0.15) is 78.9 Å². The number of carbonyl (C=O) groups excluding carboxylic acids is 2. The molecule has 1 aliphatic heterocycles. The second-order valence-corrected chi connectivity index (χ2v) is 32.5. The van der Waals surface area contributed by atoms with Crippen molar-refractivity contribution in [3.8, 4) is 82.1 Å². The first-order chi connectivity index (χ1) is 70.9.